The quantitative estimate of drug-likeness (QED) is 0.207. The van der Waals surface area contributed by atoms with Crippen molar-refractivity contribution in [2.24, 2.45) is 0 Å². The summed E-state index contributed by atoms with van der Waals surface area (Å²) >= 11 is 0. The van der Waals surface area contributed by atoms with E-state index < -0.39 is 67.8 Å². The molecule has 0 bridgehead atoms. The molecular weight excluding hydrogens is 516 g/mol. The highest BCUT2D eigenvalue weighted by Gasteiger charge is 2.56. The van der Waals surface area contributed by atoms with Crippen LogP contribution in [0.4, 0.5) is 0 Å². The molecule has 12 heteroatoms. The van der Waals surface area contributed by atoms with Crippen LogP contribution in [0.5, 0.6) is 11.5 Å². The van der Waals surface area contributed by atoms with E-state index >= 15 is 0 Å². The van der Waals surface area contributed by atoms with Gasteiger partial charge in [0.2, 0.25) is 5.79 Å². The Bertz CT molecular complexity index is 1160. The van der Waals surface area contributed by atoms with Crippen molar-refractivity contribution in [3.63, 3.8) is 0 Å². The molecule has 3 aliphatic heterocycles. The Morgan fingerprint density at radius 2 is 1.33 bits per heavy atom. The number of aliphatic hydroxyl groups is 8. The zero-order valence-corrected chi connectivity index (χ0v) is 21.0. The van der Waals surface area contributed by atoms with E-state index in [1.807, 2.05) is 12.1 Å². The summed E-state index contributed by atoms with van der Waals surface area (Å²) in [5.74, 6) is -0.826. The molecule has 1 spiro atoms. The molecule has 0 amide bonds. The Kier molecular flexibility index (Phi) is 8.13. The maximum absolute atomic E-state index is 10.6. The highest BCUT2D eigenvalue weighted by Crippen LogP contribution is 2.42. The van der Waals surface area contributed by atoms with Gasteiger partial charge in [0, 0.05) is 6.42 Å². The van der Waals surface area contributed by atoms with Crippen LogP contribution in [0.15, 0.2) is 36.4 Å². The summed E-state index contributed by atoms with van der Waals surface area (Å²) in [6, 6.07) is 10.8. The monoisotopic (exact) mass is 550 g/mol. The Hall–Kier alpha value is -2.36. The minimum atomic E-state index is -1.61. The normalized spacial score (nSPS) is 36.8. The van der Waals surface area contributed by atoms with E-state index in [2.05, 4.69) is 0 Å². The van der Waals surface area contributed by atoms with E-state index in [0.717, 1.165) is 16.7 Å². The predicted molar refractivity (Wildman–Crippen MR) is 132 cm³/mol. The van der Waals surface area contributed by atoms with Crippen molar-refractivity contribution in [2.75, 3.05) is 13.2 Å². The van der Waals surface area contributed by atoms with Crippen LogP contribution >= 0.6 is 0 Å². The van der Waals surface area contributed by atoms with Crippen LogP contribution in [0.2, 0.25) is 0 Å². The molecule has 2 aromatic carbocycles. The van der Waals surface area contributed by atoms with Crippen LogP contribution in [0.1, 0.15) is 24.0 Å². The fourth-order valence-corrected chi connectivity index (χ4v) is 5.37. The van der Waals surface area contributed by atoms with Gasteiger partial charge in [-0.2, -0.15) is 4.89 Å². The highest BCUT2D eigenvalue weighted by molar-refractivity contribution is 5.68. The molecule has 0 radical (unpaired) electrons. The summed E-state index contributed by atoms with van der Waals surface area (Å²) in [6.45, 7) is -1.18. The molecule has 1 fully saturated rings. The van der Waals surface area contributed by atoms with Crippen molar-refractivity contribution in [1.29, 1.82) is 0 Å². The molecule has 39 heavy (non-hydrogen) atoms. The van der Waals surface area contributed by atoms with E-state index in [4.69, 9.17) is 19.2 Å². The summed E-state index contributed by atoms with van der Waals surface area (Å²) in [5, 5.41) is 80.8. The zero-order chi connectivity index (χ0) is 27.9. The van der Waals surface area contributed by atoms with Crippen LogP contribution in [-0.4, -0.2) is 109 Å². The lowest BCUT2D eigenvalue weighted by Crippen LogP contribution is -2.68. The molecule has 3 heterocycles. The molecule has 0 aromatic heterocycles. The summed E-state index contributed by atoms with van der Waals surface area (Å²) < 4.78 is 11.8. The third-order valence-corrected chi connectivity index (χ3v) is 7.79. The number of aryl methyl sites for hydroxylation is 2. The molecule has 3 aliphatic rings. The van der Waals surface area contributed by atoms with Crippen LogP contribution in [0.3, 0.4) is 0 Å². The standard InChI is InChI=1S/C27H34O12/c28-11-20-23(32)25(34)26(35)27(37-20)8-7-16-10-13(2-5-18(16)36-27)14-3-6-19-15(9-14)1-4-17(30)22(31)24(33)21(12-29)39-38-19/h2-3,5-6,9-10,17,20-26,28-35H,1,4,7-8,11-12H2/t17-,20-,21-,22-,23-,24-,25+,26+,27+/m1/s1. The maximum Gasteiger partial charge on any atom is 0.240 e. The fraction of sp³-hybridized carbons (Fsp3) is 0.556. The molecule has 1 saturated heterocycles. The average molecular weight is 551 g/mol. The molecule has 214 valence electrons. The largest absolute Gasteiger partial charge is 0.459 e. The average Bonchev–Trinajstić information content (AvgIpc) is 2.96. The van der Waals surface area contributed by atoms with E-state index in [1.165, 1.54) is 0 Å². The molecule has 2 aromatic rings. The predicted octanol–water partition coefficient (Wildman–Crippen LogP) is -1.45. The number of aliphatic hydroxyl groups excluding tert-OH is 8. The van der Waals surface area contributed by atoms with Gasteiger partial charge in [-0.15, -0.1) is 0 Å². The zero-order valence-electron chi connectivity index (χ0n) is 21.0. The van der Waals surface area contributed by atoms with Gasteiger partial charge in [0.25, 0.3) is 0 Å². The van der Waals surface area contributed by atoms with Gasteiger partial charge in [-0.3, -0.25) is 0 Å². The minimum absolute atomic E-state index is 0.133. The first-order valence-electron chi connectivity index (χ1n) is 12.9. The Labute approximate surface area is 224 Å². The summed E-state index contributed by atoms with van der Waals surface area (Å²) in [7, 11) is 0. The summed E-state index contributed by atoms with van der Waals surface area (Å²) in [4.78, 5) is 10.6. The Balaban J connectivity index is 1.39. The van der Waals surface area contributed by atoms with Gasteiger partial charge in [0.1, 0.15) is 42.4 Å². The van der Waals surface area contributed by atoms with Crippen molar-refractivity contribution < 1.29 is 60.1 Å². The topological polar surface area (TPSA) is 199 Å². The highest BCUT2D eigenvalue weighted by atomic mass is 17.2. The Morgan fingerprint density at radius 1 is 0.718 bits per heavy atom. The second kappa shape index (κ2) is 11.3. The fourth-order valence-electron chi connectivity index (χ4n) is 5.37. The second-order valence-electron chi connectivity index (χ2n) is 10.3. The van der Waals surface area contributed by atoms with Crippen molar-refractivity contribution >= 4 is 0 Å². The molecule has 8 N–H and O–H groups in total. The number of benzene rings is 2. The molecule has 9 atom stereocenters. The number of hydrogen-bond acceptors (Lipinski definition) is 12. The number of fused-ring (bicyclic) bond motifs is 2. The minimum Gasteiger partial charge on any atom is -0.459 e. The van der Waals surface area contributed by atoms with Crippen LogP contribution in [0, 0.1) is 0 Å². The van der Waals surface area contributed by atoms with Crippen LogP contribution in [0.25, 0.3) is 11.1 Å². The Morgan fingerprint density at radius 3 is 2.00 bits per heavy atom. The SMILES string of the molecule is OC[C@H]1OOc2ccc(-c3ccc4c(c3)CC[C@]3(O4)O[C@H](CO)[C@@H](O)[C@H](O)[C@@H]3O)cc2CC[C@@H](O)[C@@H](O)[C@@H]1O. The van der Waals surface area contributed by atoms with Gasteiger partial charge in [0.05, 0.1) is 19.3 Å². The third kappa shape index (κ3) is 5.25. The molecule has 12 nitrogen and oxygen atoms in total. The summed E-state index contributed by atoms with van der Waals surface area (Å²) in [5.41, 5.74) is 3.17. The van der Waals surface area contributed by atoms with Crippen molar-refractivity contribution in [3.05, 3.63) is 47.5 Å². The molecule has 0 saturated carbocycles. The van der Waals surface area contributed by atoms with E-state index in [1.54, 1.807) is 24.3 Å². The van der Waals surface area contributed by atoms with Crippen molar-refractivity contribution in [2.45, 2.75) is 80.3 Å². The smallest absolute Gasteiger partial charge is 0.240 e. The first-order chi connectivity index (χ1) is 18.7. The molecule has 0 aliphatic carbocycles. The van der Waals surface area contributed by atoms with E-state index in [9.17, 15) is 40.9 Å². The van der Waals surface area contributed by atoms with Gasteiger partial charge in [-0.05, 0) is 65.8 Å². The lowest BCUT2D eigenvalue weighted by atomic mass is 9.86. The van der Waals surface area contributed by atoms with Gasteiger partial charge in [0.15, 0.2) is 11.9 Å². The molecule has 0 unspecified atom stereocenters. The first-order valence-corrected chi connectivity index (χ1v) is 12.9. The van der Waals surface area contributed by atoms with Gasteiger partial charge in [-0.25, -0.2) is 0 Å². The molecular formula is C27H34O12. The van der Waals surface area contributed by atoms with Gasteiger partial charge >= 0.3 is 0 Å². The van der Waals surface area contributed by atoms with E-state index in [0.29, 0.717) is 29.9 Å². The summed E-state index contributed by atoms with van der Waals surface area (Å²) in [6.07, 6.45) is -10.1. The van der Waals surface area contributed by atoms with Gasteiger partial charge < -0.3 is 55.2 Å². The molecule has 5 rings (SSSR count). The van der Waals surface area contributed by atoms with Crippen LogP contribution in [-0.2, 0) is 22.5 Å². The third-order valence-electron chi connectivity index (χ3n) is 7.79. The number of rotatable bonds is 3. The van der Waals surface area contributed by atoms with Crippen LogP contribution < -0.4 is 9.62 Å². The van der Waals surface area contributed by atoms with Gasteiger partial charge in [-0.1, -0.05) is 12.1 Å². The number of ether oxygens (including phenoxy) is 2. The van der Waals surface area contributed by atoms with Crippen molar-refractivity contribution in [3.8, 4) is 22.6 Å². The van der Waals surface area contributed by atoms with E-state index in [-0.39, 0.29) is 12.8 Å². The lowest BCUT2D eigenvalue weighted by Gasteiger charge is -2.49. The first kappa shape index (κ1) is 28.2. The second-order valence-corrected chi connectivity index (χ2v) is 10.3. The van der Waals surface area contributed by atoms with Crippen molar-refractivity contribution in [1.82, 2.24) is 0 Å². The lowest BCUT2D eigenvalue weighted by molar-refractivity contribution is -0.342. The maximum atomic E-state index is 10.6. The number of hydrogen-bond donors (Lipinski definition) is 8.